The first kappa shape index (κ1) is 22.5. The summed E-state index contributed by atoms with van der Waals surface area (Å²) < 4.78 is 13.3. The maximum atomic E-state index is 13.3. The van der Waals surface area contributed by atoms with Crippen LogP contribution in [0.2, 0.25) is 0 Å². The Morgan fingerprint density at radius 1 is 0.882 bits per heavy atom. The smallest absolute Gasteiger partial charge is 0.264 e. The fourth-order valence-corrected chi connectivity index (χ4v) is 5.51. The molecule has 0 unspecified atom stereocenters. The van der Waals surface area contributed by atoms with Gasteiger partial charge in [0.1, 0.15) is 16.5 Å². The number of rotatable bonds is 5. The van der Waals surface area contributed by atoms with Crippen molar-refractivity contribution < 1.29 is 14.0 Å². The van der Waals surface area contributed by atoms with Crippen LogP contribution in [-0.2, 0) is 4.79 Å². The molecule has 1 saturated heterocycles. The number of thioether (sulfide) groups is 1. The molecule has 172 valence electrons. The van der Waals surface area contributed by atoms with Crippen molar-refractivity contribution in [3.05, 3.63) is 76.7 Å². The van der Waals surface area contributed by atoms with Crippen LogP contribution >= 0.6 is 23.1 Å². The molecule has 0 N–H and O–H groups in total. The van der Waals surface area contributed by atoms with Crippen LogP contribution in [0.1, 0.15) is 9.67 Å². The van der Waals surface area contributed by atoms with Crippen LogP contribution in [0, 0.1) is 5.82 Å². The Morgan fingerprint density at radius 2 is 1.59 bits per heavy atom. The van der Waals surface area contributed by atoms with Gasteiger partial charge in [-0.05, 0) is 35.7 Å². The van der Waals surface area contributed by atoms with Gasteiger partial charge in [0.05, 0.1) is 10.6 Å². The lowest BCUT2D eigenvalue weighted by molar-refractivity contribution is -0.129. The average Bonchev–Trinajstić information content (AvgIpc) is 3.42. The Bertz CT molecular complexity index is 1320. The molecule has 9 heteroatoms. The quantitative estimate of drug-likeness (QED) is 0.382. The van der Waals surface area contributed by atoms with E-state index in [1.165, 1.54) is 35.2 Å². The fraction of sp³-hybridized carbons (Fsp3) is 0.200. The highest BCUT2D eigenvalue weighted by Gasteiger charge is 2.25. The highest BCUT2D eigenvalue weighted by Crippen LogP contribution is 2.32. The number of hydrogen-bond donors (Lipinski definition) is 0. The number of carbonyl (C=O) groups is 2. The molecule has 0 aliphatic carbocycles. The van der Waals surface area contributed by atoms with Gasteiger partial charge in [0.2, 0.25) is 5.91 Å². The van der Waals surface area contributed by atoms with E-state index in [2.05, 4.69) is 10.2 Å². The van der Waals surface area contributed by atoms with Gasteiger partial charge in [0, 0.05) is 42.5 Å². The molecule has 34 heavy (non-hydrogen) atoms. The Morgan fingerprint density at radius 3 is 2.29 bits per heavy atom. The van der Waals surface area contributed by atoms with Crippen molar-refractivity contribution in [2.24, 2.45) is 0 Å². The number of fused-ring (bicyclic) bond motifs is 1. The molecule has 0 atom stereocenters. The van der Waals surface area contributed by atoms with Gasteiger partial charge in [-0.3, -0.25) is 9.59 Å². The molecular formula is C25H21FN4O2S2. The lowest BCUT2D eigenvalue weighted by Gasteiger charge is -2.34. The van der Waals surface area contributed by atoms with Crippen LogP contribution in [-0.4, -0.2) is 63.7 Å². The van der Waals surface area contributed by atoms with Crippen molar-refractivity contribution in [2.75, 3.05) is 31.9 Å². The molecule has 0 radical (unpaired) electrons. The number of carbonyl (C=O) groups excluding carboxylic acids is 2. The molecule has 1 fully saturated rings. The van der Waals surface area contributed by atoms with Crippen molar-refractivity contribution in [2.45, 2.75) is 5.03 Å². The van der Waals surface area contributed by atoms with E-state index in [-0.39, 0.29) is 23.4 Å². The van der Waals surface area contributed by atoms with Crippen LogP contribution in [0.4, 0.5) is 4.39 Å². The van der Waals surface area contributed by atoms with Crippen LogP contribution in [0.15, 0.2) is 71.1 Å². The van der Waals surface area contributed by atoms with Gasteiger partial charge in [-0.25, -0.2) is 4.39 Å². The summed E-state index contributed by atoms with van der Waals surface area (Å²) in [6.45, 7) is 2.10. The normalized spacial score (nSPS) is 13.9. The second-order valence-electron chi connectivity index (χ2n) is 7.85. The Labute approximate surface area is 204 Å². The summed E-state index contributed by atoms with van der Waals surface area (Å²) in [5, 5.41) is 13.2. The minimum Gasteiger partial charge on any atom is -0.338 e. The molecule has 2 aromatic carbocycles. The zero-order chi connectivity index (χ0) is 23.5. The summed E-state index contributed by atoms with van der Waals surface area (Å²) in [6.07, 6.45) is 0. The molecule has 3 heterocycles. The zero-order valence-electron chi connectivity index (χ0n) is 18.2. The van der Waals surface area contributed by atoms with E-state index in [1.807, 2.05) is 41.8 Å². The molecule has 1 aliphatic heterocycles. The minimum atomic E-state index is -0.302. The summed E-state index contributed by atoms with van der Waals surface area (Å²) in [4.78, 5) is 29.7. The number of piperazine rings is 1. The van der Waals surface area contributed by atoms with Crippen molar-refractivity contribution in [1.82, 2.24) is 20.0 Å². The van der Waals surface area contributed by atoms with Gasteiger partial charge in [0.15, 0.2) is 0 Å². The average molecular weight is 493 g/mol. The summed E-state index contributed by atoms with van der Waals surface area (Å²) in [5.74, 6) is -0.0161. The molecule has 0 saturated carbocycles. The van der Waals surface area contributed by atoms with E-state index in [0.717, 1.165) is 21.2 Å². The number of hydrogen-bond acceptors (Lipinski definition) is 6. The van der Waals surface area contributed by atoms with Crippen LogP contribution in [0.3, 0.4) is 0 Å². The highest BCUT2D eigenvalue weighted by molar-refractivity contribution is 8.00. The molecule has 2 aromatic heterocycles. The van der Waals surface area contributed by atoms with Crippen LogP contribution < -0.4 is 0 Å². The maximum Gasteiger partial charge on any atom is 0.264 e. The predicted octanol–water partition coefficient (Wildman–Crippen LogP) is 4.57. The van der Waals surface area contributed by atoms with Gasteiger partial charge in [-0.15, -0.1) is 21.5 Å². The van der Waals surface area contributed by atoms with E-state index >= 15 is 0 Å². The van der Waals surface area contributed by atoms with Crippen molar-refractivity contribution in [3.8, 4) is 11.3 Å². The lowest BCUT2D eigenvalue weighted by Crippen LogP contribution is -2.51. The molecule has 1 aliphatic rings. The summed E-state index contributed by atoms with van der Waals surface area (Å²) in [5.41, 5.74) is 1.46. The van der Waals surface area contributed by atoms with Crippen molar-refractivity contribution in [3.63, 3.8) is 0 Å². The van der Waals surface area contributed by atoms with Gasteiger partial charge in [0.25, 0.3) is 5.91 Å². The lowest BCUT2D eigenvalue weighted by atomic mass is 10.1. The Hall–Kier alpha value is -3.30. The second kappa shape index (κ2) is 9.90. The van der Waals surface area contributed by atoms with Gasteiger partial charge < -0.3 is 9.80 Å². The number of thiophene rings is 1. The third kappa shape index (κ3) is 4.67. The van der Waals surface area contributed by atoms with Crippen LogP contribution in [0.25, 0.3) is 22.0 Å². The summed E-state index contributed by atoms with van der Waals surface area (Å²) in [7, 11) is 0. The topological polar surface area (TPSA) is 66.4 Å². The predicted molar refractivity (Wildman–Crippen MR) is 132 cm³/mol. The fourth-order valence-electron chi connectivity index (χ4n) is 3.94. The van der Waals surface area contributed by atoms with E-state index < -0.39 is 0 Å². The molecule has 0 spiro atoms. The molecule has 2 amide bonds. The van der Waals surface area contributed by atoms with Gasteiger partial charge in [-0.1, -0.05) is 42.1 Å². The molecular weight excluding hydrogens is 471 g/mol. The number of nitrogens with zero attached hydrogens (tertiary/aromatic N) is 4. The number of halogens is 1. The second-order valence-corrected chi connectivity index (χ2v) is 9.76. The number of aromatic nitrogens is 2. The standard InChI is InChI=1S/C25H21FN4O2S2/c26-18-9-7-17(8-10-18)23-19-4-1-2-5-20(19)24(28-27-23)34-16-22(31)29-11-13-30(14-12-29)25(32)21-6-3-15-33-21/h1-10,15H,11-14,16H2. The molecule has 4 aromatic rings. The van der Waals surface area contributed by atoms with E-state index in [9.17, 15) is 14.0 Å². The first-order valence-corrected chi connectivity index (χ1v) is 12.7. The largest absolute Gasteiger partial charge is 0.338 e. The van der Waals surface area contributed by atoms with Gasteiger partial charge >= 0.3 is 0 Å². The SMILES string of the molecule is O=C(CSc1nnc(-c2ccc(F)cc2)c2ccccc12)N1CCN(C(=O)c2cccs2)CC1. The van der Waals surface area contributed by atoms with E-state index in [0.29, 0.717) is 36.9 Å². The van der Waals surface area contributed by atoms with Crippen LogP contribution in [0.5, 0.6) is 0 Å². The van der Waals surface area contributed by atoms with E-state index in [4.69, 9.17) is 0 Å². The Balaban J connectivity index is 1.25. The third-order valence-corrected chi connectivity index (χ3v) is 7.58. The monoisotopic (exact) mass is 492 g/mol. The number of amides is 2. The van der Waals surface area contributed by atoms with E-state index in [1.54, 1.807) is 21.9 Å². The summed E-state index contributed by atoms with van der Waals surface area (Å²) in [6, 6.07) is 17.6. The molecule has 0 bridgehead atoms. The molecule has 5 rings (SSSR count). The Kier molecular flexibility index (Phi) is 6.55. The third-order valence-electron chi connectivity index (χ3n) is 5.75. The van der Waals surface area contributed by atoms with Crippen molar-refractivity contribution in [1.29, 1.82) is 0 Å². The highest BCUT2D eigenvalue weighted by atomic mass is 32.2. The number of benzene rings is 2. The zero-order valence-corrected chi connectivity index (χ0v) is 19.8. The maximum absolute atomic E-state index is 13.3. The molecule has 6 nitrogen and oxygen atoms in total. The minimum absolute atomic E-state index is 0.0155. The first-order valence-electron chi connectivity index (χ1n) is 10.8. The van der Waals surface area contributed by atoms with Gasteiger partial charge in [-0.2, -0.15) is 0 Å². The first-order chi connectivity index (χ1) is 16.6. The van der Waals surface area contributed by atoms with Crippen molar-refractivity contribution >= 4 is 45.7 Å². The summed E-state index contributed by atoms with van der Waals surface area (Å²) >= 11 is 2.79.